The zero-order chi connectivity index (χ0) is 13.3. The van der Waals surface area contributed by atoms with Crippen molar-refractivity contribution in [2.24, 2.45) is 0 Å². The predicted octanol–water partition coefficient (Wildman–Crippen LogP) is 3.72. The van der Waals surface area contributed by atoms with Crippen LogP contribution in [0.2, 0.25) is 5.15 Å². The van der Waals surface area contributed by atoms with Crippen molar-refractivity contribution in [1.29, 1.82) is 0 Å². The first kappa shape index (κ1) is 13.5. The maximum absolute atomic E-state index is 12.8. The molecule has 0 aliphatic rings. The van der Waals surface area contributed by atoms with E-state index >= 15 is 0 Å². The number of aliphatic hydroxyl groups is 1. The van der Waals surface area contributed by atoms with Crippen molar-refractivity contribution in [2.75, 3.05) is 0 Å². The maximum atomic E-state index is 12.8. The number of hydrogen-bond donors (Lipinski definition) is 1. The SMILES string of the molecule is OCc1c(C(F)F)nn(-c2ccccc2Br)c1Cl. The van der Waals surface area contributed by atoms with Gasteiger partial charge in [0.2, 0.25) is 0 Å². The number of para-hydroxylation sites is 1. The number of aromatic nitrogens is 2. The molecule has 0 spiro atoms. The van der Waals surface area contributed by atoms with Gasteiger partial charge in [0.15, 0.2) is 0 Å². The van der Waals surface area contributed by atoms with Gasteiger partial charge in [0.05, 0.1) is 12.3 Å². The molecule has 2 rings (SSSR count). The van der Waals surface area contributed by atoms with Crippen LogP contribution >= 0.6 is 27.5 Å². The summed E-state index contributed by atoms with van der Waals surface area (Å²) in [6.07, 6.45) is -2.78. The van der Waals surface area contributed by atoms with Gasteiger partial charge in [-0.05, 0) is 28.1 Å². The number of nitrogens with zero attached hydrogens (tertiary/aromatic N) is 2. The van der Waals surface area contributed by atoms with Crippen LogP contribution in [0.1, 0.15) is 17.7 Å². The monoisotopic (exact) mass is 336 g/mol. The van der Waals surface area contributed by atoms with Crippen molar-refractivity contribution >= 4 is 27.5 Å². The van der Waals surface area contributed by atoms with Crippen molar-refractivity contribution < 1.29 is 13.9 Å². The molecule has 2 aromatic rings. The third-order valence-corrected chi connectivity index (χ3v) is 3.46. The Morgan fingerprint density at radius 3 is 2.56 bits per heavy atom. The van der Waals surface area contributed by atoms with E-state index < -0.39 is 18.7 Å². The minimum absolute atomic E-state index is 0.0142. The summed E-state index contributed by atoms with van der Waals surface area (Å²) in [4.78, 5) is 0. The maximum Gasteiger partial charge on any atom is 0.282 e. The Hall–Kier alpha value is -0.980. The van der Waals surface area contributed by atoms with Gasteiger partial charge in [0, 0.05) is 10.0 Å². The number of rotatable bonds is 3. The van der Waals surface area contributed by atoms with E-state index in [0.29, 0.717) is 10.2 Å². The summed E-state index contributed by atoms with van der Waals surface area (Å²) in [6, 6.07) is 6.94. The fourth-order valence-corrected chi connectivity index (χ4v) is 2.29. The molecule has 0 fully saturated rings. The van der Waals surface area contributed by atoms with Crippen LogP contribution in [0.4, 0.5) is 8.78 Å². The van der Waals surface area contributed by atoms with Crippen LogP contribution in [0, 0.1) is 0 Å². The van der Waals surface area contributed by atoms with Crippen molar-refractivity contribution in [3.63, 3.8) is 0 Å². The van der Waals surface area contributed by atoms with Crippen LogP contribution < -0.4 is 0 Å². The van der Waals surface area contributed by atoms with Crippen molar-refractivity contribution in [3.8, 4) is 5.69 Å². The number of benzene rings is 1. The van der Waals surface area contributed by atoms with Gasteiger partial charge >= 0.3 is 0 Å². The first-order valence-corrected chi connectivity index (χ1v) is 6.14. The minimum atomic E-state index is -2.78. The summed E-state index contributed by atoms with van der Waals surface area (Å²) in [5.74, 6) is 0. The zero-order valence-corrected chi connectivity index (χ0v) is 11.3. The van der Waals surface area contributed by atoms with Crippen molar-refractivity contribution in [3.05, 3.63) is 45.1 Å². The molecule has 0 bridgehead atoms. The molecule has 1 aromatic carbocycles. The summed E-state index contributed by atoms with van der Waals surface area (Å²) < 4.78 is 27.4. The van der Waals surface area contributed by atoms with Crippen LogP contribution in [-0.4, -0.2) is 14.9 Å². The van der Waals surface area contributed by atoms with E-state index in [0.717, 1.165) is 0 Å². The van der Waals surface area contributed by atoms with Gasteiger partial charge in [-0.3, -0.25) is 0 Å². The number of alkyl halides is 2. The Bertz CT molecular complexity index is 574. The Balaban J connectivity index is 2.63. The van der Waals surface area contributed by atoms with Gasteiger partial charge in [-0.2, -0.15) is 5.10 Å². The van der Waals surface area contributed by atoms with E-state index in [1.54, 1.807) is 24.3 Å². The molecule has 0 radical (unpaired) electrons. The van der Waals surface area contributed by atoms with Crippen LogP contribution in [0.25, 0.3) is 5.69 Å². The van der Waals surface area contributed by atoms with Crippen molar-refractivity contribution in [2.45, 2.75) is 13.0 Å². The van der Waals surface area contributed by atoms with E-state index in [9.17, 15) is 8.78 Å². The molecule has 0 amide bonds. The quantitative estimate of drug-likeness (QED) is 0.927. The second kappa shape index (κ2) is 5.34. The first-order chi connectivity index (χ1) is 8.56. The van der Waals surface area contributed by atoms with Gasteiger partial charge in [0.25, 0.3) is 6.43 Å². The van der Waals surface area contributed by atoms with E-state index in [1.165, 1.54) is 4.68 Å². The number of halogens is 4. The molecular weight excluding hydrogens is 329 g/mol. The Kier molecular flexibility index (Phi) is 3.99. The average molecular weight is 338 g/mol. The molecule has 0 saturated carbocycles. The molecule has 96 valence electrons. The Morgan fingerprint density at radius 1 is 1.39 bits per heavy atom. The van der Waals surface area contributed by atoms with Crippen molar-refractivity contribution in [1.82, 2.24) is 9.78 Å². The highest BCUT2D eigenvalue weighted by Gasteiger charge is 2.23. The molecule has 7 heteroatoms. The second-order valence-corrected chi connectivity index (χ2v) is 4.69. The fraction of sp³-hybridized carbons (Fsp3) is 0.182. The first-order valence-electron chi connectivity index (χ1n) is 4.97. The molecule has 18 heavy (non-hydrogen) atoms. The normalized spacial score (nSPS) is 11.2. The van der Waals surface area contributed by atoms with Crippen LogP contribution in [0.5, 0.6) is 0 Å². The Labute approximate surface area is 115 Å². The van der Waals surface area contributed by atoms with E-state index in [-0.39, 0.29) is 10.7 Å². The van der Waals surface area contributed by atoms with E-state index in [2.05, 4.69) is 21.0 Å². The summed E-state index contributed by atoms with van der Waals surface area (Å²) in [5, 5.41) is 12.8. The fourth-order valence-electron chi connectivity index (χ4n) is 1.55. The van der Waals surface area contributed by atoms with Gasteiger partial charge in [-0.15, -0.1) is 0 Å². The molecule has 0 aliphatic carbocycles. The Morgan fingerprint density at radius 2 is 2.06 bits per heavy atom. The minimum Gasteiger partial charge on any atom is -0.391 e. The lowest BCUT2D eigenvalue weighted by molar-refractivity contribution is 0.141. The smallest absolute Gasteiger partial charge is 0.282 e. The third-order valence-electron chi connectivity index (χ3n) is 2.40. The molecule has 0 aliphatic heterocycles. The summed E-state index contributed by atoms with van der Waals surface area (Å²) in [5.41, 5.74) is -0.0234. The predicted molar refractivity (Wildman–Crippen MR) is 67.2 cm³/mol. The summed E-state index contributed by atoms with van der Waals surface area (Å²) in [6.45, 7) is -0.580. The lowest BCUT2D eigenvalue weighted by Gasteiger charge is -2.05. The van der Waals surface area contributed by atoms with Gasteiger partial charge in [-0.1, -0.05) is 23.7 Å². The molecule has 1 N–H and O–H groups in total. The third kappa shape index (κ3) is 2.28. The molecule has 0 atom stereocenters. The van der Waals surface area contributed by atoms with Gasteiger partial charge in [0.1, 0.15) is 10.8 Å². The number of aliphatic hydroxyl groups excluding tert-OH is 1. The topological polar surface area (TPSA) is 38.1 Å². The molecule has 3 nitrogen and oxygen atoms in total. The highest BCUT2D eigenvalue weighted by atomic mass is 79.9. The van der Waals surface area contributed by atoms with Gasteiger partial charge in [-0.25, -0.2) is 13.5 Å². The molecule has 0 unspecified atom stereocenters. The van der Waals surface area contributed by atoms with Crippen LogP contribution in [0.3, 0.4) is 0 Å². The summed E-state index contributed by atoms with van der Waals surface area (Å²) in [7, 11) is 0. The highest BCUT2D eigenvalue weighted by molar-refractivity contribution is 9.10. The van der Waals surface area contributed by atoms with Crippen LogP contribution in [0.15, 0.2) is 28.7 Å². The number of hydrogen-bond acceptors (Lipinski definition) is 2. The standard InChI is InChI=1S/C11H8BrClF2N2O/c12-7-3-1-2-4-8(7)17-10(13)6(5-18)9(16-17)11(14)15/h1-4,11,18H,5H2. The van der Waals surface area contributed by atoms with E-state index in [1.807, 2.05) is 0 Å². The molecule has 1 heterocycles. The summed E-state index contributed by atoms with van der Waals surface area (Å²) >= 11 is 9.26. The second-order valence-electron chi connectivity index (χ2n) is 3.48. The molecule has 0 saturated heterocycles. The highest BCUT2D eigenvalue weighted by Crippen LogP contribution is 2.31. The average Bonchev–Trinajstić information content (AvgIpc) is 2.67. The zero-order valence-electron chi connectivity index (χ0n) is 8.95. The largest absolute Gasteiger partial charge is 0.391 e. The molecule has 1 aromatic heterocycles. The lowest BCUT2D eigenvalue weighted by Crippen LogP contribution is -1.98. The molecular formula is C11H8BrClF2N2O. The lowest BCUT2D eigenvalue weighted by atomic mass is 10.2. The van der Waals surface area contributed by atoms with Crippen LogP contribution in [-0.2, 0) is 6.61 Å². The van der Waals surface area contributed by atoms with Gasteiger partial charge < -0.3 is 5.11 Å². The van der Waals surface area contributed by atoms with E-state index in [4.69, 9.17) is 16.7 Å².